The van der Waals surface area contributed by atoms with Crippen LogP contribution in [0.15, 0.2) is 43.0 Å². The lowest BCUT2D eigenvalue weighted by atomic mass is 10.1. The lowest BCUT2D eigenvalue weighted by Gasteiger charge is -2.10. The van der Waals surface area contributed by atoms with Gasteiger partial charge in [0.15, 0.2) is 0 Å². The summed E-state index contributed by atoms with van der Waals surface area (Å²) >= 11 is 0. The average Bonchev–Trinajstić information content (AvgIpc) is 3.19. The topological polar surface area (TPSA) is 37.0 Å². The molecule has 1 aromatic heterocycles. The van der Waals surface area contributed by atoms with Gasteiger partial charge < -0.3 is 15.0 Å². The van der Waals surface area contributed by atoms with Gasteiger partial charge in [-0.15, -0.1) is 6.58 Å². The van der Waals surface area contributed by atoms with E-state index in [0.29, 0.717) is 6.04 Å². The second kappa shape index (κ2) is 6.19. The van der Waals surface area contributed by atoms with Crippen LogP contribution in [-0.4, -0.2) is 18.6 Å². The smallest absolute Gasteiger partial charge is 0.123 e. The van der Waals surface area contributed by atoms with Crippen LogP contribution in [0.5, 0.6) is 5.75 Å². The summed E-state index contributed by atoms with van der Waals surface area (Å²) in [5, 5.41) is 3.52. The van der Waals surface area contributed by atoms with Crippen LogP contribution in [0.2, 0.25) is 0 Å². The van der Waals surface area contributed by atoms with Crippen molar-refractivity contribution in [3.8, 4) is 17.0 Å². The van der Waals surface area contributed by atoms with Gasteiger partial charge in [-0.2, -0.15) is 0 Å². The minimum atomic E-state index is 0.473. The third-order valence-corrected chi connectivity index (χ3v) is 4.11. The fourth-order valence-corrected chi connectivity index (χ4v) is 2.97. The van der Waals surface area contributed by atoms with E-state index in [1.165, 1.54) is 24.1 Å². The molecule has 1 fully saturated rings. The summed E-state index contributed by atoms with van der Waals surface area (Å²) in [5.41, 5.74) is 4.74. The summed E-state index contributed by atoms with van der Waals surface area (Å²) in [5.74, 6) is 0.919. The quantitative estimate of drug-likeness (QED) is 0.817. The summed E-state index contributed by atoms with van der Waals surface area (Å²) in [6.07, 6.45) is 5.19. The number of allylic oxidation sites excluding steroid dienone is 1. The number of hydrogen-bond donors (Lipinski definition) is 2. The summed E-state index contributed by atoms with van der Waals surface area (Å²) in [6, 6.07) is 11.2. The molecule has 1 atom stereocenters. The molecule has 21 heavy (non-hydrogen) atoms. The Morgan fingerprint density at radius 2 is 2.24 bits per heavy atom. The van der Waals surface area contributed by atoms with Crippen molar-refractivity contribution in [3.63, 3.8) is 0 Å². The van der Waals surface area contributed by atoms with Crippen LogP contribution in [0.3, 0.4) is 0 Å². The summed E-state index contributed by atoms with van der Waals surface area (Å²) in [7, 11) is 1.72. The van der Waals surface area contributed by atoms with Gasteiger partial charge in [-0.3, -0.25) is 0 Å². The van der Waals surface area contributed by atoms with Gasteiger partial charge in [0.2, 0.25) is 0 Å². The molecule has 0 bridgehead atoms. The lowest BCUT2D eigenvalue weighted by molar-refractivity contribution is 0.411. The Morgan fingerprint density at radius 3 is 2.95 bits per heavy atom. The third kappa shape index (κ3) is 2.88. The number of aromatic nitrogens is 1. The van der Waals surface area contributed by atoms with Crippen LogP contribution in [-0.2, 0) is 6.42 Å². The average molecular weight is 282 g/mol. The first-order valence-electron chi connectivity index (χ1n) is 7.52. The highest BCUT2D eigenvalue weighted by Crippen LogP contribution is 2.29. The van der Waals surface area contributed by atoms with Crippen LogP contribution < -0.4 is 10.1 Å². The van der Waals surface area contributed by atoms with Crippen molar-refractivity contribution in [2.24, 2.45) is 0 Å². The number of H-pyrrole nitrogens is 1. The zero-order chi connectivity index (χ0) is 14.7. The second-order valence-corrected chi connectivity index (χ2v) is 5.50. The molecule has 1 aliphatic rings. The Labute approximate surface area is 126 Å². The Kier molecular flexibility index (Phi) is 4.11. The van der Waals surface area contributed by atoms with E-state index in [2.05, 4.69) is 47.2 Å². The van der Waals surface area contributed by atoms with Crippen molar-refractivity contribution in [3.05, 3.63) is 54.2 Å². The van der Waals surface area contributed by atoms with Gasteiger partial charge in [-0.05, 0) is 49.6 Å². The van der Waals surface area contributed by atoms with E-state index in [1.54, 1.807) is 7.11 Å². The number of hydrogen-bond acceptors (Lipinski definition) is 2. The third-order valence-electron chi connectivity index (χ3n) is 4.11. The standard InChI is InChI=1S/C18H22N2O/c1-3-5-13-7-8-14(12-18(13)21-2)15-9-10-17(20-15)16-6-4-11-19-16/h3,7-10,12,16,19-20H,1,4-6,11H2,2H3. The summed E-state index contributed by atoms with van der Waals surface area (Å²) in [6.45, 7) is 4.90. The Balaban J connectivity index is 1.87. The minimum Gasteiger partial charge on any atom is -0.496 e. The largest absolute Gasteiger partial charge is 0.496 e. The van der Waals surface area contributed by atoms with Crippen LogP contribution >= 0.6 is 0 Å². The summed E-state index contributed by atoms with van der Waals surface area (Å²) in [4.78, 5) is 3.54. The molecule has 0 saturated carbocycles. The van der Waals surface area contributed by atoms with Crippen LogP contribution in [0.4, 0.5) is 0 Å². The van der Waals surface area contributed by atoms with Crippen molar-refractivity contribution in [1.82, 2.24) is 10.3 Å². The Hall–Kier alpha value is -2.00. The molecule has 3 rings (SSSR count). The van der Waals surface area contributed by atoms with Crippen LogP contribution in [0.1, 0.15) is 30.1 Å². The predicted octanol–water partition coefficient (Wildman–Crippen LogP) is 3.84. The number of nitrogens with one attached hydrogen (secondary N) is 2. The van der Waals surface area contributed by atoms with Crippen LogP contribution in [0.25, 0.3) is 11.3 Å². The molecule has 1 aromatic carbocycles. The van der Waals surface area contributed by atoms with Crippen molar-refractivity contribution in [1.29, 1.82) is 0 Å². The van der Waals surface area contributed by atoms with Gasteiger partial charge in [0.1, 0.15) is 5.75 Å². The van der Waals surface area contributed by atoms with E-state index >= 15 is 0 Å². The SMILES string of the molecule is C=CCc1ccc(-c2ccc(C3CCCN3)[nH]2)cc1OC. The second-order valence-electron chi connectivity index (χ2n) is 5.50. The number of ether oxygens (including phenoxy) is 1. The minimum absolute atomic E-state index is 0.473. The number of aromatic amines is 1. The monoisotopic (exact) mass is 282 g/mol. The first-order valence-corrected chi connectivity index (χ1v) is 7.52. The van der Waals surface area contributed by atoms with E-state index in [0.717, 1.165) is 30.0 Å². The van der Waals surface area contributed by atoms with Crippen LogP contribution in [0, 0.1) is 0 Å². The molecule has 2 N–H and O–H groups in total. The normalized spacial score (nSPS) is 17.9. The van der Waals surface area contributed by atoms with Crippen molar-refractivity contribution < 1.29 is 4.74 Å². The highest BCUT2D eigenvalue weighted by atomic mass is 16.5. The molecule has 1 unspecified atom stereocenters. The van der Waals surface area contributed by atoms with Gasteiger partial charge in [0.05, 0.1) is 7.11 Å². The fraction of sp³-hybridized carbons (Fsp3) is 0.333. The van der Waals surface area contributed by atoms with Crippen molar-refractivity contribution >= 4 is 0 Å². The van der Waals surface area contributed by atoms with Gasteiger partial charge in [0, 0.05) is 23.0 Å². The molecule has 0 radical (unpaired) electrons. The zero-order valence-electron chi connectivity index (χ0n) is 12.5. The van der Waals surface area contributed by atoms with Gasteiger partial charge in [-0.25, -0.2) is 0 Å². The number of rotatable bonds is 5. The summed E-state index contributed by atoms with van der Waals surface area (Å²) < 4.78 is 5.49. The molecule has 3 nitrogen and oxygen atoms in total. The molecule has 1 aliphatic heterocycles. The van der Waals surface area contributed by atoms with Gasteiger partial charge in [-0.1, -0.05) is 18.2 Å². The maximum Gasteiger partial charge on any atom is 0.123 e. The van der Waals surface area contributed by atoms with E-state index in [9.17, 15) is 0 Å². The molecule has 0 spiro atoms. The maximum atomic E-state index is 5.49. The van der Waals surface area contributed by atoms with E-state index in [-0.39, 0.29) is 0 Å². The lowest BCUT2D eigenvalue weighted by Crippen LogP contribution is -2.12. The Bertz CT molecular complexity index is 624. The highest BCUT2D eigenvalue weighted by molar-refractivity contribution is 5.63. The molecule has 0 aliphatic carbocycles. The highest BCUT2D eigenvalue weighted by Gasteiger charge is 2.17. The van der Waals surface area contributed by atoms with E-state index in [1.807, 2.05) is 6.08 Å². The molecule has 3 heteroatoms. The molecule has 2 aromatic rings. The number of methoxy groups -OCH3 is 1. The Morgan fingerprint density at radius 1 is 1.33 bits per heavy atom. The van der Waals surface area contributed by atoms with Crippen molar-refractivity contribution in [2.45, 2.75) is 25.3 Å². The number of benzene rings is 1. The fourth-order valence-electron chi connectivity index (χ4n) is 2.97. The zero-order valence-corrected chi connectivity index (χ0v) is 12.5. The molecule has 0 amide bonds. The molecule has 1 saturated heterocycles. The first kappa shape index (κ1) is 14.0. The van der Waals surface area contributed by atoms with Gasteiger partial charge in [0.25, 0.3) is 0 Å². The van der Waals surface area contributed by atoms with E-state index in [4.69, 9.17) is 4.74 Å². The first-order chi connectivity index (χ1) is 10.3. The maximum absolute atomic E-state index is 5.49. The van der Waals surface area contributed by atoms with Gasteiger partial charge >= 0.3 is 0 Å². The van der Waals surface area contributed by atoms with E-state index < -0.39 is 0 Å². The molecular formula is C18H22N2O. The molecular weight excluding hydrogens is 260 g/mol. The molecule has 110 valence electrons. The predicted molar refractivity (Wildman–Crippen MR) is 86.7 cm³/mol. The van der Waals surface area contributed by atoms with Crippen molar-refractivity contribution in [2.75, 3.05) is 13.7 Å². The molecule has 2 heterocycles.